The average Bonchev–Trinajstić information content (AvgIpc) is 2.84. The Morgan fingerprint density at radius 2 is 1.91 bits per heavy atom. The van der Waals surface area contributed by atoms with Crippen molar-refractivity contribution in [1.29, 1.82) is 0 Å². The summed E-state index contributed by atoms with van der Waals surface area (Å²) >= 11 is 9.47. The van der Waals surface area contributed by atoms with Gasteiger partial charge in [0.05, 0.1) is 16.3 Å². The number of nitrogens with zero attached hydrogens (tertiary/aromatic N) is 2. The molecule has 3 rings (SSSR count). The number of aldehydes is 1. The number of hydrogen-bond donors (Lipinski definition) is 0. The van der Waals surface area contributed by atoms with Gasteiger partial charge in [-0.1, -0.05) is 29.8 Å². The molecule has 0 saturated carbocycles. The SMILES string of the molecule is O=Cc1c(-c2ccc(F)cc2Cl)nn(-c2ccccc2)c1Br. The minimum atomic E-state index is -0.442. The Kier molecular flexibility index (Phi) is 4.09. The van der Waals surface area contributed by atoms with Crippen molar-refractivity contribution in [3.8, 4) is 16.9 Å². The van der Waals surface area contributed by atoms with Gasteiger partial charge in [-0.3, -0.25) is 4.79 Å². The molecule has 0 spiro atoms. The fraction of sp³-hybridized carbons (Fsp3) is 0. The molecule has 110 valence electrons. The maximum Gasteiger partial charge on any atom is 0.155 e. The quantitative estimate of drug-likeness (QED) is 0.606. The number of halogens is 3. The van der Waals surface area contributed by atoms with Crippen molar-refractivity contribution in [2.75, 3.05) is 0 Å². The van der Waals surface area contributed by atoms with E-state index in [1.54, 1.807) is 4.68 Å². The Balaban J connectivity index is 2.23. The zero-order valence-electron chi connectivity index (χ0n) is 11.1. The number of carbonyl (C=O) groups excluding carboxylic acids is 1. The summed E-state index contributed by atoms with van der Waals surface area (Å²) in [5.74, 6) is -0.442. The van der Waals surface area contributed by atoms with Crippen LogP contribution in [-0.2, 0) is 0 Å². The van der Waals surface area contributed by atoms with Crippen LogP contribution in [0.25, 0.3) is 16.9 Å². The average molecular weight is 380 g/mol. The van der Waals surface area contributed by atoms with Crippen molar-refractivity contribution in [3.05, 3.63) is 69.5 Å². The third-order valence-electron chi connectivity index (χ3n) is 3.17. The molecule has 0 saturated heterocycles. The zero-order chi connectivity index (χ0) is 15.7. The van der Waals surface area contributed by atoms with Crippen molar-refractivity contribution in [1.82, 2.24) is 9.78 Å². The Labute approximate surface area is 139 Å². The highest BCUT2D eigenvalue weighted by Gasteiger charge is 2.19. The molecule has 0 atom stereocenters. The second kappa shape index (κ2) is 6.02. The van der Waals surface area contributed by atoms with E-state index in [0.717, 1.165) is 5.69 Å². The van der Waals surface area contributed by atoms with Gasteiger partial charge in [0.15, 0.2) is 6.29 Å². The van der Waals surface area contributed by atoms with E-state index in [1.807, 2.05) is 30.3 Å². The summed E-state index contributed by atoms with van der Waals surface area (Å²) in [6.45, 7) is 0. The van der Waals surface area contributed by atoms with Gasteiger partial charge < -0.3 is 0 Å². The Bertz CT molecular complexity index is 849. The molecule has 1 aromatic heterocycles. The Morgan fingerprint density at radius 1 is 1.18 bits per heavy atom. The molecule has 0 bridgehead atoms. The van der Waals surface area contributed by atoms with Crippen LogP contribution >= 0.6 is 27.5 Å². The predicted molar refractivity (Wildman–Crippen MR) is 87.1 cm³/mol. The maximum atomic E-state index is 13.2. The van der Waals surface area contributed by atoms with E-state index < -0.39 is 5.82 Å². The summed E-state index contributed by atoms with van der Waals surface area (Å²) in [7, 11) is 0. The van der Waals surface area contributed by atoms with Crippen LogP contribution in [0.5, 0.6) is 0 Å². The highest BCUT2D eigenvalue weighted by Crippen LogP contribution is 2.34. The van der Waals surface area contributed by atoms with Gasteiger partial charge in [0.1, 0.15) is 16.1 Å². The van der Waals surface area contributed by atoms with E-state index in [2.05, 4.69) is 21.0 Å². The summed E-state index contributed by atoms with van der Waals surface area (Å²) in [5.41, 5.74) is 2.05. The molecule has 0 aliphatic rings. The van der Waals surface area contributed by atoms with E-state index >= 15 is 0 Å². The summed E-state index contributed by atoms with van der Waals surface area (Å²) in [5, 5.41) is 4.65. The summed E-state index contributed by atoms with van der Waals surface area (Å²) in [6, 6.07) is 13.3. The van der Waals surface area contributed by atoms with Crippen LogP contribution in [0.1, 0.15) is 10.4 Å². The first kappa shape index (κ1) is 14.9. The van der Waals surface area contributed by atoms with Crippen molar-refractivity contribution in [3.63, 3.8) is 0 Å². The summed E-state index contributed by atoms with van der Waals surface area (Å²) in [6.07, 6.45) is 0.700. The second-order valence-corrected chi connectivity index (χ2v) is 5.70. The fourth-order valence-electron chi connectivity index (χ4n) is 2.13. The van der Waals surface area contributed by atoms with Crippen molar-refractivity contribution < 1.29 is 9.18 Å². The Morgan fingerprint density at radius 3 is 2.55 bits per heavy atom. The van der Waals surface area contributed by atoms with Crippen LogP contribution in [0.4, 0.5) is 4.39 Å². The molecular weight excluding hydrogens is 371 g/mol. The zero-order valence-corrected chi connectivity index (χ0v) is 13.5. The lowest BCUT2D eigenvalue weighted by Crippen LogP contribution is -1.96. The van der Waals surface area contributed by atoms with Crippen LogP contribution in [0.2, 0.25) is 5.02 Å². The van der Waals surface area contributed by atoms with Crippen LogP contribution in [0, 0.1) is 5.82 Å². The molecular formula is C16H9BrClFN2O. The summed E-state index contributed by atoms with van der Waals surface area (Å²) in [4.78, 5) is 11.4. The minimum absolute atomic E-state index is 0.202. The normalized spacial score (nSPS) is 10.7. The Hall–Kier alpha value is -1.98. The van der Waals surface area contributed by atoms with E-state index in [9.17, 15) is 9.18 Å². The standard InChI is InChI=1S/C16H9BrClFN2O/c17-16-13(9-22)15(12-7-6-10(19)8-14(12)18)20-21(16)11-4-2-1-3-5-11/h1-9H. The molecule has 2 aromatic carbocycles. The third-order valence-corrected chi connectivity index (χ3v) is 4.24. The lowest BCUT2D eigenvalue weighted by molar-refractivity contribution is 0.112. The molecule has 6 heteroatoms. The molecule has 0 unspecified atom stereocenters. The van der Waals surface area contributed by atoms with Crippen LogP contribution in [0.3, 0.4) is 0 Å². The van der Waals surface area contributed by atoms with Crippen LogP contribution < -0.4 is 0 Å². The largest absolute Gasteiger partial charge is 0.298 e. The van der Waals surface area contributed by atoms with Crippen LogP contribution in [-0.4, -0.2) is 16.1 Å². The van der Waals surface area contributed by atoms with E-state index in [4.69, 9.17) is 11.6 Å². The lowest BCUT2D eigenvalue weighted by Gasteiger charge is -2.02. The van der Waals surface area contributed by atoms with Gasteiger partial charge >= 0.3 is 0 Å². The highest BCUT2D eigenvalue weighted by atomic mass is 79.9. The number of aromatic nitrogens is 2. The van der Waals surface area contributed by atoms with Gasteiger partial charge in [-0.25, -0.2) is 9.07 Å². The smallest absolute Gasteiger partial charge is 0.155 e. The number of carbonyl (C=O) groups is 1. The first-order valence-electron chi connectivity index (χ1n) is 6.36. The van der Waals surface area contributed by atoms with Crippen molar-refractivity contribution in [2.45, 2.75) is 0 Å². The van der Waals surface area contributed by atoms with Gasteiger partial charge in [-0.15, -0.1) is 0 Å². The highest BCUT2D eigenvalue weighted by molar-refractivity contribution is 9.10. The van der Waals surface area contributed by atoms with Crippen LogP contribution in [0.15, 0.2) is 53.1 Å². The second-order valence-electron chi connectivity index (χ2n) is 4.54. The first-order valence-corrected chi connectivity index (χ1v) is 7.53. The van der Waals surface area contributed by atoms with E-state index in [1.165, 1.54) is 18.2 Å². The number of benzene rings is 2. The monoisotopic (exact) mass is 378 g/mol. The van der Waals surface area contributed by atoms with Gasteiger partial charge in [0.25, 0.3) is 0 Å². The van der Waals surface area contributed by atoms with E-state index in [-0.39, 0.29) is 5.02 Å². The lowest BCUT2D eigenvalue weighted by atomic mass is 10.1. The molecule has 0 radical (unpaired) electrons. The maximum absolute atomic E-state index is 13.2. The molecule has 0 fully saturated rings. The number of rotatable bonds is 3. The fourth-order valence-corrected chi connectivity index (χ4v) is 2.96. The molecule has 1 heterocycles. The van der Waals surface area contributed by atoms with Gasteiger partial charge in [0.2, 0.25) is 0 Å². The topological polar surface area (TPSA) is 34.9 Å². The van der Waals surface area contributed by atoms with Crippen molar-refractivity contribution in [2.24, 2.45) is 0 Å². The molecule has 0 aliphatic carbocycles. The molecule has 3 aromatic rings. The molecule has 0 N–H and O–H groups in total. The van der Waals surface area contributed by atoms with Crippen molar-refractivity contribution >= 4 is 33.8 Å². The minimum Gasteiger partial charge on any atom is -0.298 e. The molecule has 0 amide bonds. The molecule has 0 aliphatic heterocycles. The third kappa shape index (κ3) is 2.58. The first-order chi connectivity index (χ1) is 10.6. The number of para-hydroxylation sites is 1. The molecule has 22 heavy (non-hydrogen) atoms. The number of hydrogen-bond acceptors (Lipinski definition) is 2. The van der Waals surface area contributed by atoms with Gasteiger partial charge in [0, 0.05) is 5.56 Å². The summed E-state index contributed by atoms with van der Waals surface area (Å²) < 4.78 is 15.3. The van der Waals surface area contributed by atoms with E-state index in [0.29, 0.717) is 27.7 Å². The molecule has 3 nitrogen and oxygen atoms in total. The van der Waals surface area contributed by atoms with Gasteiger partial charge in [-0.2, -0.15) is 5.10 Å². The predicted octanol–water partition coefficient (Wildman–Crippen LogP) is 4.91. The van der Waals surface area contributed by atoms with Gasteiger partial charge in [-0.05, 0) is 46.3 Å².